The van der Waals surface area contributed by atoms with Crippen LogP contribution >= 0.6 is 11.8 Å². The molecular formula is C32H50N6O6S. The van der Waals surface area contributed by atoms with Crippen molar-refractivity contribution in [1.82, 2.24) is 20.9 Å². The van der Waals surface area contributed by atoms with Crippen LogP contribution in [0.1, 0.15) is 85.1 Å². The van der Waals surface area contributed by atoms with Gasteiger partial charge in [-0.05, 0) is 50.7 Å². The molecule has 7 amide bonds. The maximum absolute atomic E-state index is 13.3. The SMILES string of the molecule is Cc1ccc(NC(=O)[C@H](CCCNC(N)=O)NC(=O)[C@@H](NC(=O)CCCCCN2C(=O)CC(SC(C)(C)C)C2=O)C(C)C)cc1. The lowest BCUT2D eigenvalue weighted by Crippen LogP contribution is -2.54. The summed E-state index contributed by atoms with van der Waals surface area (Å²) in [6.07, 6.45) is 2.79. The summed E-state index contributed by atoms with van der Waals surface area (Å²) in [5.74, 6) is -1.75. The minimum absolute atomic E-state index is 0.118. The maximum Gasteiger partial charge on any atom is 0.312 e. The summed E-state index contributed by atoms with van der Waals surface area (Å²) in [7, 11) is 0. The number of primary amides is 1. The van der Waals surface area contributed by atoms with Crippen molar-refractivity contribution in [3.8, 4) is 0 Å². The largest absolute Gasteiger partial charge is 0.352 e. The Kier molecular flexibility index (Phi) is 14.8. The van der Waals surface area contributed by atoms with E-state index < -0.39 is 29.9 Å². The molecule has 1 heterocycles. The van der Waals surface area contributed by atoms with Crippen LogP contribution < -0.4 is 27.0 Å². The summed E-state index contributed by atoms with van der Waals surface area (Å²) >= 11 is 1.51. The van der Waals surface area contributed by atoms with Crippen molar-refractivity contribution in [1.29, 1.82) is 0 Å². The highest BCUT2D eigenvalue weighted by molar-refractivity contribution is 8.01. The molecule has 2 rings (SSSR count). The third kappa shape index (κ3) is 13.5. The molecule has 250 valence electrons. The number of imide groups is 1. The number of anilines is 1. The van der Waals surface area contributed by atoms with E-state index in [0.29, 0.717) is 37.9 Å². The first-order chi connectivity index (χ1) is 21.1. The molecule has 13 heteroatoms. The molecule has 0 bridgehead atoms. The van der Waals surface area contributed by atoms with Gasteiger partial charge in [-0.1, -0.05) is 58.7 Å². The Labute approximate surface area is 270 Å². The predicted molar refractivity (Wildman–Crippen MR) is 176 cm³/mol. The average Bonchev–Trinajstić information content (AvgIpc) is 3.19. The molecule has 45 heavy (non-hydrogen) atoms. The quantitative estimate of drug-likeness (QED) is 0.127. The van der Waals surface area contributed by atoms with E-state index in [1.165, 1.54) is 16.7 Å². The lowest BCUT2D eigenvalue weighted by atomic mass is 10.0. The number of nitrogens with one attached hydrogen (secondary N) is 4. The molecule has 0 radical (unpaired) electrons. The van der Waals surface area contributed by atoms with Crippen LogP contribution in [0.2, 0.25) is 0 Å². The Hall–Kier alpha value is -3.61. The summed E-state index contributed by atoms with van der Waals surface area (Å²) < 4.78 is -0.118. The molecule has 12 nitrogen and oxygen atoms in total. The van der Waals surface area contributed by atoms with Crippen LogP contribution in [0.5, 0.6) is 0 Å². The van der Waals surface area contributed by atoms with Crippen molar-refractivity contribution in [3.05, 3.63) is 29.8 Å². The van der Waals surface area contributed by atoms with Gasteiger partial charge in [-0.25, -0.2) is 4.79 Å². The second-order valence-corrected chi connectivity index (χ2v) is 14.8. The number of thioether (sulfide) groups is 1. The fraction of sp³-hybridized carbons (Fsp3) is 0.625. The average molecular weight is 647 g/mol. The van der Waals surface area contributed by atoms with E-state index in [-0.39, 0.29) is 59.4 Å². The molecule has 1 unspecified atom stereocenters. The van der Waals surface area contributed by atoms with E-state index in [4.69, 9.17) is 5.73 Å². The smallest absolute Gasteiger partial charge is 0.312 e. The fourth-order valence-corrected chi connectivity index (χ4v) is 6.14. The molecule has 0 spiro atoms. The Bertz CT molecular complexity index is 1200. The van der Waals surface area contributed by atoms with Crippen molar-refractivity contribution in [2.24, 2.45) is 11.7 Å². The summed E-state index contributed by atoms with van der Waals surface area (Å²) in [6, 6.07) is 4.79. The standard InChI is InChI=1S/C32H50N6O6S/c1-20(2)27(37-25(39)12-8-7-9-18-38-26(40)19-24(30(38)43)45-32(4,5)6)29(42)36-23(11-10-17-34-31(33)44)28(41)35-22-15-13-21(3)14-16-22/h13-16,20,23-24,27H,7-12,17-19H2,1-6H3,(H,35,41)(H,36,42)(H,37,39)(H3,33,34,44)/t23-,24?,27-/m0/s1. The normalized spacial score (nSPS) is 16.3. The highest BCUT2D eigenvalue weighted by Crippen LogP contribution is 2.34. The van der Waals surface area contributed by atoms with Gasteiger partial charge >= 0.3 is 6.03 Å². The zero-order chi connectivity index (χ0) is 33.7. The van der Waals surface area contributed by atoms with E-state index in [1.54, 1.807) is 26.0 Å². The van der Waals surface area contributed by atoms with Gasteiger partial charge in [0.05, 0.1) is 5.25 Å². The third-order valence-electron chi connectivity index (χ3n) is 7.17. The van der Waals surface area contributed by atoms with E-state index in [2.05, 4.69) is 21.3 Å². The monoisotopic (exact) mass is 646 g/mol. The van der Waals surface area contributed by atoms with Gasteiger partial charge in [0.2, 0.25) is 29.5 Å². The molecule has 0 aliphatic carbocycles. The molecule has 1 aromatic rings. The first-order valence-corrected chi connectivity index (χ1v) is 16.5. The molecule has 1 fully saturated rings. The first kappa shape index (κ1) is 37.6. The second kappa shape index (κ2) is 17.8. The number of benzene rings is 1. The Balaban J connectivity index is 1.88. The molecule has 1 aliphatic rings. The highest BCUT2D eigenvalue weighted by atomic mass is 32.2. The number of carbonyl (C=O) groups excluding carboxylic acids is 6. The number of unbranched alkanes of at least 4 members (excludes halogenated alkanes) is 2. The highest BCUT2D eigenvalue weighted by Gasteiger charge is 2.40. The number of nitrogens with zero attached hydrogens (tertiary/aromatic N) is 1. The Morgan fingerprint density at radius 3 is 2.24 bits per heavy atom. The zero-order valence-corrected chi connectivity index (χ0v) is 28.2. The minimum atomic E-state index is -0.913. The van der Waals surface area contributed by atoms with Gasteiger partial charge < -0.3 is 27.0 Å². The van der Waals surface area contributed by atoms with E-state index in [1.807, 2.05) is 39.8 Å². The van der Waals surface area contributed by atoms with E-state index >= 15 is 0 Å². The van der Waals surface area contributed by atoms with Crippen LogP contribution in [0.3, 0.4) is 0 Å². The number of nitrogens with two attached hydrogens (primary N) is 1. The number of urea groups is 1. The van der Waals surface area contributed by atoms with Gasteiger partial charge in [0.1, 0.15) is 12.1 Å². The van der Waals surface area contributed by atoms with Crippen molar-refractivity contribution in [2.45, 2.75) is 109 Å². The number of rotatable bonds is 17. The molecule has 3 atom stereocenters. The van der Waals surface area contributed by atoms with E-state index in [9.17, 15) is 28.8 Å². The topological polar surface area (TPSA) is 180 Å². The van der Waals surface area contributed by atoms with Crippen LogP contribution in [0.4, 0.5) is 10.5 Å². The van der Waals surface area contributed by atoms with Crippen molar-refractivity contribution in [3.63, 3.8) is 0 Å². The lowest BCUT2D eigenvalue weighted by Gasteiger charge is -2.25. The molecule has 1 saturated heterocycles. The van der Waals surface area contributed by atoms with Crippen LogP contribution in [0, 0.1) is 12.8 Å². The lowest BCUT2D eigenvalue weighted by molar-refractivity contribution is -0.138. The van der Waals surface area contributed by atoms with Crippen LogP contribution in [-0.2, 0) is 24.0 Å². The second-order valence-electron chi connectivity index (χ2n) is 12.8. The minimum Gasteiger partial charge on any atom is -0.352 e. The number of likely N-dealkylation sites (tertiary alicyclic amines) is 1. The first-order valence-electron chi connectivity index (χ1n) is 15.6. The third-order valence-corrected chi connectivity index (χ3v) is 8.53. The van der Waals surface area contributed by atoms with Gasteiger partial charge in [0, 0.05) is 36.4 Å². The van der Waals surface area contributed by atoms with Crippen molar-refractivity contribution < 1.29 is 28.8 Å². The van der Waals surface area contributed by atoms with Crippen LogP contribution in [0.25, 0.3) is 0 Å². The van der Waals surface area contributed by atoms with Crippen molar-refractivity contribution in [2.75, 3.05) is 18.4 Å². The van der Waals surface area contributed by atoms with Gasteiger partial charge in [0.15, 0.2) is 0 Å². The number of carbonyl (C=O) groups is 6. The van der Waals surface area contributed by atoms with E-state index in [0.717, 1.165) is 5.56 Å². The van der Waals surface area contributed by atoms with Gasteiger partial charge in [-0.3, -0.25) is 28.9 Å². The van der Waals surface area contributed by atoms with Gasteiger partial charge in [0.25, 0.3) is 0 Å². The number of amides is 7. The van der Waals surface area contributed by atoms with Gasteiger partial charge in [-0.15, -0.1) is 11.8 Å². The molecule has 1 aromatic carbocycles. The number of aryl methyl sites for hydroxylation is 1. The molecule has 0 aromatic heterocycles. The van der Waals surface area contributed by atoms with Crippen LogP contribution in [-0.4, -0.2) is 75.6 Å². The summed E-state index contributed by atoms with van der Waals surface area (Å²) in [5, 5.41) is 10.5. The molecule has 1 aliphatic heterocycles. The van der Waals surface area contributed by atoms with Crippen LogP contribution in [0.15, 0.2) is 24.3 Å². The molecule has 0 saturated carbocycles. The summed E-state index contributed by atoms with van der Waals surface area (Å²) in [6.45, 7) is 12.2. The Morgan fingerprint density at radius 1 is 0.978 bits per heavy atom. The summed E-state index contributed by atoms with van der Waals surface area (Å²) in [5.41, 5.74) is 6.74. The number of hydrogen-bond donors (Lipinski definition) is 5. The maximum atomic E-state index is 13.3. The number of hydrogen-bond acceptors (Lipinski definition) is 7. The fourth-order valence-electron chi connectivity index (χ4n) is 4.83. The molecule has 6 N–H and O–H groups in total. The predicted octanol–water partition coefficient (Wildman–Crippen LogP) is 3.23. The van der Waals surface area contributed by atoms with Crippen molar-refractivity contribution >= 4 is 53.0 Å². The Morgan fingerprint density at radius 2 is 1.64 bits per heavy atom. The van der Waals surface area contributed by atoms with Gasteiger partial charge in [-0.2, -0.15) is 0 Å². The summed E-state index contributed by atoms with van der Waals surface area (Å²) in [4.78, 5) is 76.6. The zero-order valence-electron chi connectivity index (χ0n) is 27.4. The molecular weight excluding hydrogens is 596 g/mol.